The van der Waals surface area contributed by atoms with Gasteiger partial charge in [0.2, 0.25) is 0 Å². The van der Waals surface area contributed by atoms with E-state index in [-0.39, 0.29) is 12.0 Å². The monoisotopic (exact) mass is 262 g/mol. The lowest BCUT2D eigenvalue weighted by Gasteiger charge is -2.14. The van der Waals surface area contributed by atoms with Gasteiger partial charge in [-0.15, -0.1) is 0 Å². The molecule has 4 nitrogen and oxygen atoms in total. The maximum atomic E-state index is 11.6. The number of hydrogen-bond donors (Lipinski definition) is 2. The summed E-state index contributed by atoms with van der Waals surface area (Å²) in [5.74, 6) is -0.945. The number of amides is 2. The molecule has 0 aliphatic carbocycles. The van der Waals surface area contributed by atoms with Crippen LogP contribution in [0, 0.1) is 0 Å². The number of hydrogen-bond acceptors (Lipinski definition) is 2. The molecule has 104 valence electrons. The van der Waals surface area contributed by atoms with E-state index in [0.29, 0.717) is 6.54 Å². The highest BCUT2D eigenvalue weighted by Crippen LogP contribution is 2.12. The molecule has 2 amide bonds. The Hall–Kier alpha value is -1.84. The lowest BCUT2D eigenvalue weighted by Crippen LogP contribution is -2.44. The predicted molar refractivity (Wildman–Crippen MR) is 75.8 cm³/mol. The van der Waals surface area contributed by atoms with Crippen molar-refractivity contribution in [2.45, 2.75) is 39.2 Å². The molecule has 0 saturated carbocycles. The average molecular weight is 262 g/mol. The molecule has 0 unspecified atom stereocenters. The highest BCUT2D eigenvalue weighted by molar-refractivity contribution is 6.35. The zero-order valence-corrected chi connectivity index (χ0v) is 11.8. The van der Waals surface area contributed by atoms with Gasteiger partial charge in [-0.25, -0.2) is 0 Å². The zero-order chi connectivity index (χ0) is 14.3. The second kappa shape index (κ2) is 7.56. The van der Waals surface area contributed by atoms with Crippen molar-refractivity contribution in [3.8, 4) is 0 Å². The molecule has 0 aliphatic heterocycles. The average Bonchev–Trinajstić information content (AvgIpc) is 2.44. The van der Waals surface area contributed by atoms with Gasteiger partial charge in [-0.1, -0.05) is 44.2 Å². The van der Waals surface area contributed by atoms with Gasteiger partial charge in [0, 0.05) is 12.6 Å². The number of rotatable bonds is 5. The van der Waals surface area contributed by atoms with Crippen molar-refractivity contribution in [2.75, 3.05) is 6.54 Å². The van der Waals surface area contributed by atoms with Crippen LogP contribution in [0.3, 0.4) is 0 Å². The van der Waals surface area contributed by atoms with Crippen LogP contribution in [0.5, 0.6) is 0 Å². The van der Waals surface area contributed by atoms with Crippen LogP contribution in [0.2, 0.25) is 0 Å². The highest BCUT2D eigenvalue weighted by atomic mass is 16.2. The number of carbonyl (C=O) groups is 2. The maximum Gasteiger partial charge on any atom is 0.309 e. The Morgan fingerprint density at radius 2 is 1.74 bits per heavy atom. The van der Waals surface area contributed by atoms with Crippen molar-refractivity contribution in [1.29, 1.82) is 0 Å². The highest BCUT2D eigenvalue weighted by Gasteiger charge is 2.16. The quantitative estimate of drug-likeness (QED) is 0.795. The lowest BCUT2D eigenvalue weighted by molar-refractivity contribution is -0.139. The topological polar surface area (TPSA) is 58.2 Å². The van der Waals surface area contributed by atoms with Crippen molar-refractivity contribution in [3.05, 3.63) is 35.9 Å². The summed E-state index contributed by atoms with van der Waals surface area (Å²) in [6.45, 7) is 6.30. The van der Waals surface area contributed by atoms with Crippen LogP contribution in [0.25, 0.3) is 0 Å². The first-order valence-corrected chi connectivity index (χ1v) is 6.68. The second-order valence-corrected chi connectivity index (χ2v) is 4.80. The first kappa shape index (κ1) is 15.2. The van der Waals surface area contributed by atoms with E-state index in [0.717, 1.165) is 12.0 Å². The molecule has 0 fully saturated rings. The molecule has 0 spiro atoms. The van der Waals surface area contributed by atoms with Gasteiger partial charge in [-0.2, -0.15) is 0 Å². The van der Waals surface area contributed by atoms with E-state index in [1.54, 1.807) is 0 Å². The molecule has 1 aromatic carbocycles. The fourth-order valence-electron chi connectivity index (χ4n) is 1.62. The van der Waals surface area contributed by atoms with E-state index in [1.807, 2.05) is 51.1 Å². The van der Waals surface area contributed by atoms with Crippen molar-refractivity contribution in [1.82, 2.24) is 10.6 Å². The summed E-state index contributed by atoms with van der Waals surface area (Å²) >= 11 is 0. The van der Waals surface area contributed by atoms with Crippen LogP contribution < -0.4 is 10.6 Å². The van der Waals surface area contributed by atoms with E-state index in [9.17, 15) is 9.59 Å². The molecule has 0 radical (unpaired) electrons. The molecule has 2 N–H and O–H groups in total. The number of benzene rings is 1. The summed E-state index contributed by atoms with van der Waals surface area (Å²) < 4.78 is 0. The smallest absolute Gasteiger partial charge is 0.309 e. The summed E-state index contributed by atoms with van der Waals surface area (Å²) in [4.78, 5) is 23.1. The molecule has 0 heterocycles. The van der Waals surface area contributed by atoms with Crippen LogP contribution in [0.4, 0.5) is 0 Å². The van der Waals surface area contributed by atoms with Gasteiger partial charge in [0.25, 0.3) is 0 Å². The third kappa shape index (κ3) is 5.12. The maximum absolute atomic E-state index is 11.6. The van der Waals surface area contributed by atoms with Gasteiger partial charge >= 0.3 is 11.8 Å². The summed E-state index contributed by atoms with van der Waals surface area (Å²) in [6, 6.07) is 9.91. The molecular weight excluding hydrogens is 240 g/mol. The van der Waals surface area contributed by atoms with Crippen LogP contribution in [0.15, 0.2) is 30.3 Å². The largest absolute Gasteiger partial charge is 0.347 e. The van der Waals surface area contributed by atoms with Crippen molar-refractivity contribution < 1.29 is 9.59 Å². The molecule has 4 heteroatoms. The molecule has 1 rings (SSSR count). The van der Waals surface area contributed by atoms with Gasteiger partial charge < -0.3 is 10.6 Å². The standard InChI is InChI=1S/C15H22N2O2/c1-4-12(3)17-15(19)14(18)16-10-11(2)13-8-6-5-7-9-13/h5-9,11-12H,4,10H2,1-3H3,(H,16,18)(H,17,19)/t11-,12-/m1/s1. The van der Waals surface area contributed by atoms with Gasteiger partial charge in [0.15, 0.2) is 0 Å². The minimum absolute atomic E-state index is 0.0183. The second-order valence-electron chi connectivity index (χ2n) is 4.80. The van der Waals surface area contributed by atoms with E-state index < -0.39 is 11.8 Å². The van der Waals surface area contributed by atoms with Gasteiger partial charge in [0.1, 0.15) is 0 Å². The summed E-state index contributed by atoms with van der Waals surface area (Å²) in [5.41, 5.74) is 1.14. The van der Waals surface area contributed by atoms with E-state index in [4.69, 9.17) is 0 Å². The number of carbonyl (C=O) groups excluding carboxylic acids is 2. The first-order valence-electron chi connectivity index (χ1n) is 6.68. The molecule has 2 atom stereocenters. The SMILES string of the molecule is CC[C@@H](C)NC(=O)C(=O)NC[C@@H](C)c1ccccc1. The van der Waals surface area contributed by atoms with Crippen molar-refractivity contribution >= 4 is 11.8 Å². The van der Waals surface area contributed by atoms with Crippen LogP contribution in [-0.4, -0.2) is 24.4 Å². The Morgan fingerprint density at radius 1 is 1.11 bits per heavy atom. The minimum Gasteiger partial charge on any atom is -0.347 e. The zero-order valence-electron chi connectivity index (χ0n) is 11.8. The Balaban J connectivity index is 2.40. The van der Waals surface area contributed by atoms with E-state index >= 15 is 0 Å². The third-order valence-electron chi connectivity index (χ3n) is 3.13. The Labute approximate surface area is 114 Å². The first-order chi connectivity index (χ1) is 9.04. The molecule has 19 heavy (non-hydrogen) atoms. The molecule has 0 aliphatic rings. The summed E-state index contributed by atoms with van der Waals surface area (Å²) in [5, 5.41) is 5.30. The summed E-state index contributed by atoms with van der Waals surface area (Å²) in [7, 11) is 0. The van der Waals surface area contributed by atoms with E-state index in [1.165, 1.54) is 0 Å². The van der Waals surface area contributed by atoms with Crippen LogP contribution >= 0.6 is 0 Å². The molecular formula is C15H22N2O2. The molecule has 1 aromatic rings. The van der Waals surface area contributed by atoms with Gasteiger partial charge in [-0.05, 0) is 24.8 Å². The Bertz CT molecular complexity index is 417. The van der Waals surface area contributed by atoms with Crippen LogP contribution in [0.1, 0.15) is 38.7 Å². The van der Waals surface area contributed by atoms with Crippen molar-refractivity contribution in [2.24, 2.45) is 0 Å². The van der Waals surface area contributed by atoms with Crippen LogP contribution in [-0.2, 0) is 9.59 Å². The van der Waals surface area contributed by atoms with Crippen molar-refractivity contribution in [3.63, 3.8) is 0 Å². The Morgan fingerprint density at radius 3 is 2.32 bits per heavy atom. The van der Waals surface area contributed by atoms with Gasteiger partial charge in [-0.3, -0.25) is 9.59 Å². The third-order valence-corrected chi connectivity index (χ3v) is 3.13. The predicted octanol–water partition coefficient (Wildman–Crippen LogP) is 1.82. The summed E-state index contributed by atoms with van der Waals surface area (Å²) in [6.07, 6.45) is 0.805. The minimum atomic E-state index is -0.567. The lowest BCUT2D eigenvalue weighted by atomic mass is 10.0. The fourth-order valence-corrected chi connectivity index (χ4v) is 1.62. The number of nitrogens with one attached hydrogen (secondary N) is 2. The molecule has 0 bridgehead atoms. The normalized spacial score (nSPS) is 13.4. The molecule has 0 saturated heterocycles. The van der Waals surface area contributed by atoms with Gasteiger partial charge in [0.05, 0.1) is 0 Å². The van der Waals surface area contributed by atoms with E-state index in [2.05, 4.69) is 10.6 Å². The fraction of sp³-hybridized carbons (Fsp3) is 0.467. The Kier molecular flexibility index (Phi) is 6.06. The molecule has 0 aromatic heterocycles.